The maximum Gasteiger partial charge on any atom is 0.151 e. The number of rotatable bonds is 3. The summed E-state index contributed by atoms with van der Waals surface area (Å²) in [7, 11) is 1.57. The van der Waals surface area contributed by atoms with Crippen LogP contribution in [0.2, 0.25) is 5.02 Å². The van der Waals surface area contributed by atoms with Crippen molar-refractivity contribution in [1.29, 1.82) is 0 Å². The first kappa shape index (κ1) is 12.6. The zero-order valence-electron chi connectivity index (χ0n) is 10.3. The van der Waals surface area contributed by atoms with E-state index in [9.17, 15) is 0 Å². The Morgan fingerprint density at radius 3 is 2.72 bits per heavy atom. The first-order valence-electron chi connectivity index (χ1n) is 5.55. The van der Waals surface area contributed by atoms with Crippen molar-refractivity contribution in [2.75, 3.05) is 18.7 Å². The van der Waals surface area contributed by atoms with E-state index in [2.05, 4.69) is 4.98 Å². The van der Waals surface area contributed by atoms with Gasteiger partial charge >= 0.3 is 0 Å². The Labute approximate surface area is 110 Å². The molecule has 0 saturated carbocycles. The highest BCUT2D eigenvalue weighted by atomic mass is 35.5. The largest absolute Gasteiger partial charge is 0.496 e. The summed E-state index contributed by atoms with van der Waals surface area (Å²) in [6.07, 6.45) is 0.688. The van der Waals surface area contributed by atoms with Gasteiger partial charge in [-0.25, -0.2) is 9.66 Å². The summed E-state index contributed by atoms with van der Waals surface area (Å²) in [6.45, 7) is 1.96. The van der Waals surface area contributed by atoms with Crippen molar-refractivity contribution < 1.29 is 4.74 Å². The predicted molar refractivity (Wildman–Crippen MR) is 73.2 cm³/mol. The summed E-state index contributed by atoms with van der Waals surface area (Å²) in [5, 5.41) is 0.529. The summed E-state index contributed by atoms with van der Waals surface area (Å²) < 4.78 is 6.66. The van der Waals surface area contributed by atoms with E-state index in [1.54, 1.807) is 19.2 Å². The standard InChI is InChI=1S/C12H15ClN4O/c1-3-9-16-11(12(14)17(9)15)10-7(13)5-4-6-8(10)18-2/h4-6H,3,14-15H2,1-2H3. The van der Waals surface area contributed by atoms with Crippen LogP contribution in [0, 0.1) is 0 Å². The lowest BCUT2D eigenvalue weighted by Crippen LogP contribution is -2.14. The number of nitrogens with two attached hydrogens (primary N) is 2. The number of hydrogen-bond donors (Lipinski definition) is 2. The average Bonchev–Trinajstić information content (AvgIpc) is 2.66. The van der Waals surface area contributed by atoms with Gasteiger partial charge in [-0.15, -0.1) is 0 Å². The molecule has 4 N–H and O–H groups in total. The molecule has 0 amide bonds. The van der Waals surface area contributed by atoms with Gasteiger partial charge in [0, 0.05) is 6.42 Å². The number of imidazole rings is 1. The van der Waals surface area contributed by atoms with Gasteiger partial charge in [0.05, 0.1) is 17.7 Å². The molecule has 2 rings (SSSR count). The minimum Gasteiger partial charge on any atom is -0.496 e. The van der Waals surface area contributed by atoms with Gasteiger partial charge in [-0.2, -0.15) is 0 Å². The molecule has 18 heavy (non-hydrogen) atoms. The molecule has 0 spiro atoms. The molecule has 0 atom stereocenters. The van der Waals surface area contributed by atoms with Crippen molar-refractivity contribution in [2.24, 2.45) is 0 Å². The number of methoxy groups -OCH3 is 1. The molecule has 0 aliphatic heterocycles. The quantitative estimate of drug-likeness (QED) is 0.834. The number of aromatic nitrogens is 2. The third-order valence-corrected chi connectivity index (χ3v) is 3.08. The summed E-state index contributed by atoms with van der Waals surface area (Å²) in [5.41, 5.74) is 7.18. The van der Waals surface area contributed by atoms with Gasteiger partial charge in [0.2, 0.25) is 0 Å². The molecule has 1 heterocycles. The maximum absolute atomic E-state index is 6.19. The van der Waals surface area contributed by atoms with Crippen molar-refractivity contribution in [3.05, 3.63) is 29.0 Å². The van der Waals surface area contributed by atoms with Crippen molar-refractivity contribution in [2.45, 2.75) is 13.3 Å². The van der Waals surface area contributed by atoms with Gasteiger partial charge in [-0.3, -0.25) is 0 Å². The van der Waals surface area contributed by atoms with E-state index in [0.717, 1.165) is 0 Å². The van der Waals surface area contributed by atoms with E-state index < -0.39 is 0 Å². The van der Waals surface area contributed by atoms with Gasteiger partial charge in [0.15, 0.2) is 5.82 Å². The number of hydrogen-bond acceptors (Lipinski definition) is 4. The third kappa shape index (κ3) is 1.86. The molecular weight excluding hydrogens is 252 g/mol. The second-order valence-corrected chi connectivity index (χ2v) is 4.21. The van der Waals surface area contributed by atoms with Crippen LogP contribution in [0.1, 0.15) is 12.7 Å². The number of aryl methyl sites for hydroxylation is 1. The molecule has 0 aliphatic carbocycles. The van der Waals surface area contributed by atoms with E-state index in [0.29, 0.717) is 40.1 Å². The van der Waals surface area contributed by atoms with Crippen LogP contribution in [-0.4, -0.2) is 16.8 Å². The SMILES string of the molecule is CCc1nc(-c2c(Cl)cccc2OC)c(N)n1N. The monoisotopic (exact) mass is 266 g/mol. The highest BCUT2D eigenvalue weighted by Gasteiger charge is 2.19. The fourth-order valence-corrected chi connectivity index (χ4v) is 2.09. The molecule has 0 fully saturated rings. The maximum atomic E-state index is 6.19. The zero-order valence-corrected chi connectivity index (χ0v) is 11.0. The van der Waals surface area contributed by atoms with Crippen LogP contribution >= 0.6 is 11.6 Å². The Kier molecular flexibility index (Phi) is 3.34. The summed E-state index contributed by atoms with van der Waals surface area (Å²) in [4.78, 5) is 4.42. The second kappa shape index (κ2) is 4.78. The van der Waals surface area contributed by atoms with Crippen LogP contribution in [-0.2, 0) is 6.42 Å². The van der Waals surface area contributed by atoms with Gasteiger partial charge in [0.25, 0.3) is 0 Å². The lowest BCUT2D eigenvalue weighted by Gasteiger charge is -2.08. The number of halogens is 1. The summed E-state index contributed by atoms with van der Waals surface area (Å²) in [6, 6.07) is 5.38. The Hall–Kier alpha value is -1.88. The fourth-order valence-electron chi connectivity index (χ4n) is 1.83. The first-order valence-corrected chi connectivity index (χ1v) is 5.93. The molecule has 0 saturated heterocycles. The molecule has 96 valence electrons. The van der Waals surface area contributed by atoms with Gasteiger partial charge in [0.1, 0.15) is 17.3 Å². The molecule has 5 nitrogen and oxygen atoms in total. The Morgan fingerprint density at radius 2 is 2.17 bits per heavy atom. The Balaban J connectivity index is 2.69. The molecule has 1 aromatic heterocycles. The minimum atomic E-state index is 0.373. The van der Waals surface area contributed by atoms with E-state index in [4.69, 9.17) is 27.9 Å². The van der Waals surface area contributed by atoms with E-state index in [1.165, 1.54) is 4.68 Å². The lowest BCUT2D eigenvalue weighted by atomic mass is 10.1. The van der Waals surface area contributed by atoms with E-state index in [1.807, 2.05) is 13.0 Å². The van der Waals surface area contributed by atoms with Crippen LogP contribution < -0.4 is 16.3 Å². The van der Waals surface area contributed by atoms with Crippen LogP contribution in [0.3, 0.4) is 0 Å². The smallest absolute Gasteiger partial charge is 0.151 e. The number of nitrogens with zero attached hydrogens (tertiary/aromatic N) is 2. The number of anilines is 1. The normalized spacial score (nSPS) is 10.6. The van der Waals surface area contributed by atoms with E-state index in [-0.39, 0.29) is 0 Å². The number of nitrogen functional groups attached to an aromatic ring is 2. The Bertz CT molecular complexity index is 580. The number of ether oxygens (including phenoxy) is 1. The lowest BCUT2D eigenvalue weighted by molar-refractivity contribution is 0.416. The summed E-state index contributed by atoms with van der Waals surface area (Å²) >= 11 is 6.19. The van der Waals surface area contributed by atoms with Crippen LogP contribution in [0.15, 0.2) is 18.2 Å². The molecular formula is C12H15ClN4O. The molecule has 0 bridgehead atoms. The van der Waals surface area contributed by atoms with E-state index >= 15 is 0 Å². The zero-order chi connectivity index (χ0) is 13.3. The summed E-state index contributed by atoms with van der Waals surface area (Å²) in [5.74, 6) is 7.53. The van der Waals surface area contributed by atoms with Gasteiger partial charge < -0.3 is 16.3 Å². The predicted octanol–water partition coefficient (Wildman–Crippen LogP) is 2.07. The topological polar surface area (TPSA) is 79.1 Å². The molecule has 2 aromatic rings. The fraction of sp³-hybridized carbons (Fsp3) is 0.250. The van der Waals surface area contributed by atoms with Crippen LogP contribution in [0.4, 0.5) is 5.82 Å². The highest BCUT2D eigenvalue weighted by Crippen LogP contribution is 2.38. The Morgan fingerprint density at radius 1 is 1.44 bits per heavy atom. The number of benzene rings is 1. The first-order chi connectivity index (χ1) is 8.60. The van der Waals surface area contributed by atoms with Gasteiger partial charge in [-0.05, 0) is 12.1 Å². The average molecular weight is 267 g/mol. The van der Waals surface area contributed by atoms with Crippen molar-refractivity contribution in [3.8, 4) is 17.0 Å². The molecule has 1 aromatic carbocycles. The van der Waals surface area contributed by atoms with Crippen LogP contribution in [0.25, 0.3) is 11.3 Å². The third-order valence-electron chi connectivity index (χ3n) is 2.77. The van der Waals surface area contributed by atoms with Crippen LogP contribution in [0.5, 0.6) is 5.75 Å². The molecule has 6 heteroatoms. The van der Waals surface area contributed by atoms with Crippen molar-refractivity contribution >= 4 is 17.4 Å². The highest BCUT2D eigenvalue weighted by molar-refractivity contribution is 6.33. The second-order valence-electron chi connectivity index (χ2n) is 3.80. The minimum absolute atomic E-state index is 0.373. The molecule has 0 unspecified atom stereocenters. The molecule has 0 aliphatic rings. The molecule has 0 radical (unpaired) electrons. The van der Waals surface area contributed by atoms with Crippen molar-refractivity contribution in [1.82, 2.24) is 9.66 Å². The van der Waals surface area contributed by atoms with Crippen molar-refractivity contribution in [3.63, 3.8) is 0 Å². The van der Waals surface area contributed by atoms with Gasteiger partial charge in [-0.1, -0.05) is 24.6 Å².